The predicted molar refractivity (Wildman–Crippen MR) is 110 cm³/mol. The van der Waals surface area contributed by atoms with Crippen molar-refractivity contribution < 1.29 is 4.79 Å². The molecule has 1 aromatic carbocycles. The Morgan fingerprint density at radius 1 is 1.11 bits per heavy atom. The van der Waals surface area contributed by atoms with Gasteiger partial charge in [0.15, 0.2) is 0 Å². The van der Waals surface area contributed by atoms with Crippen molar-refractivity contribution in [3.63, 3.8) is 0 Å². The Labute approximate surface area is 166 Å². The third-order valence-corrected chi connectivity index (χ3v) is 5.35. The van der Waals surface area contributed by atoms with Crippen LogP contribution in [-0.2, 0) is 6.42 Å². The lowest BCUT2D eigenvalue weighted by Crippen LogP contribution is -2.39. The molecule has 1 amide bonds. The Kier molecular flexibility index (Phi) is 5.47. The number of piperidine rings is 1. The van der Waals surface area contributed by atoms with Crippen molar-refractivity contribution in [2.75, 3.05) is 13.1 Å². The fourth-order valence-corrected chi connectivity index (χ4v) is 3.94. The third-order valence-electron chi connectivity index (χ3n) is 5.35. The van der Waals surface area contributed by atoms with Gasteiger partial charge >= 0.3 is 0 Å². The molecule has 0 radical (unpaired) electrons. The molecule has 4 nitrogen and oxygen atoms in total. The molecule has 28 heavy (non-hydrogen) atoms. The number of nitrogens with zero attached hydrogens (tertiary/aromatic N) is 3. The minimum Gasteiger partial charge on any atom is -0.338 e. The zero-order chi connectivity index (χ0) is 19.3. The summed E-state index contributed by atoms with van der Waals surface area (Å²) in [6, 6.07) is 18.4. The molecule has 2 aromatic heterocycles. The van der Waals surface area contributed by atoms with Crippen LogP contribution < -0.4 is 0 Å². The Morgan fingerprint density at radius 3 is 2.75 bits per heavy atom. The van der Waals surface area contributed by atoms with E-state index in [-0.39, 0.29) is 11.8 Å². The van der Waals surface area contributed by atoms with Crippen LogP contribution in [0.15, 0.2) is 67.0 Å². The number of hydrogen-bond donors (Lipinski definition) is 0. The molecule has 142 valence electrons. The van der Waals surface area contributed by atoms with E-state index in [9.17, 15) is 4.79 Å². The minimum absolute atomic E-state index is 0.0861. The Morgan fingerprint density at radius 2 is 1.93 bits per heavy atom. The van der Waals surface area contributed by atoms with Crippen LogP contribution in [0, 0.1) is 6.92 Å². The molecule has 0 aliphatic carbocycles. The second-order valence-electron chi connectivity index (χ2n) is 7.55. The number of benzene rings is 1. The summed E-state index contributed by atoms with van der Waals surface area (Å²) in [7, 11) is 0. The van der Waals surface area contributed by atoms with E-state index in [2.05, 4.69) is 54.4 Å². The van der Waals surface area contributed by atoms with E-state index in [1.54, 1.807) is 24.5 Å². The molecule has 4 rings (SSSR count). The highest BCUT2D eigenvalue weighted by Gasteiger charge is 2.26. The van der Waals surface area contributed by atoms with E-state index in [4.69, 9.17) is 4.98 Å². The van der Waals surface area contributed by atoms with Crippen molar-refractivity contribution in [1.29, 1.82) is 0 Å². The number of amides is 1. The first-order valence-electron chi connectivity index (χ1n) is 9.90. The van der Waals surface area contributed by atoms with Crippen LogP contribution in [0.25, 0.3) is 0 Å². The average molecular weight is 371 g/mol. The Hall–Kier alpha value is -3.01. The van der Waals surface area contributed by atoms with E-state index in [0.29, 0.717) is 5.56 Å². The summed E-state index contributed by atoms with van der Waals surface area (Å²) >= 11 is 0. The molecule has 4 heteroatoms. The van der Waals surface area contributed by atoms with Crippen molar-refractivity contribution >= 4 is 5.91 Å². The number of aromatic nitrogens is 2. The van der Waals surface area contributed by atoms with E-state index in [0.717, 1.165) is 43.7 Å². The van der Waals surface area contributed by atoms with Crippen molar-refractivity contribution in [2.45, 2.75) is 32.1 Å². The number of aryl methyl sites for hydroxylation is 1. The molecule has 1 aliphatic heterocycles. The van der Waals surface area contributed by atoms with Gasteiger partial charge in [0.25, 0.3) is 5.91 Å². The largest absolute Gasteiger partial charge is 0.338 e. The second kappa shape index (κ2) is 8.34. The Balaban J connectivity index is 1.48. The van der Waals surface area contributed by atoms with Gasteiger partial charge in [0.1, 0.15) is 0 Å². The SMILES string of the molecule is Cc1cccc(Cc2cccc([C@H]3CCCN(C(=O)c4ccncc4)C3)n2)c1. The van der Waals surface area contributed by atoms with Crippen LogP contribution in [-0.4, -0.2) is 33.9 Å². The normalized spacial score (nSPS) is 16.8. The summed E-state index contributed by atoms with van der Waals surface area (Å²) in [6.45, 7) is 3.65. The zero-order valence-electron chi connectivity index (χ0n) is 16.2. The van der Waals surface area contributed by atoms with Crippen molar-refractivity contribution in [3.8, 4) is 0 Å². The number of carbonyl (C=O) groups is 1. The lowest BCUT2D eigenvalue weighted by atomic mass is 9.93. The Bertz CT molecular complexity index is 955. The van der Waals surface area contributed by atoms with Crippen molar-refractivity contribution in [1.82, 2.24) is 14.9 Å². The van der Waals surface area contributed by atoms with Gasteiger partial charge in [-0.1, -0.05) is 35.9 Å². The van der Waals surface area contributed by atoms with Crippen LogP contribution in [0.3, 0.4) is 0 Å². The fourth-order valence-electron chi connectivity index (χ4n) is 3.94. The number of rotatable bonds is 4. The summed E-state index contributed by atoms with van der Waals surface area (Å²) in [5.41, 5.74) is 5.43. The molecule has 0 N–H and O–H groups in total. The summed E-state index contributed by atoms with van der Waals surface area (Å²) in [4.78, 5) is 23.7. The van der Waals surface area contributed by atoms with Crippen LogP contribution in [0.4, 0.5) is 0 Å². The molecular formula is C24H25N3O. The maximum absolute atomic E-state index is 12.8. The van der Waals surface area contributed by atoms with Crippen LogP contribution in [0.2, 0.25) is 0 Å². The summed E-state index contributed by atoms with van der Waals surface area (Å²) < 4.78 is 0. The minimum atomic E-state index is 0.0861. The van der Waals surface area contributed by atoms with Crippen molar-refractivity contribution in [2.24, 2.45) is 0 Å². The van der Waals surface area contributed by atoms with Crippen LogP contribution >= 0.6 is 0 Å². The molecule has 0 spiro atoms. The first kappa shape index (κ1) is 18.4. The maximum atomic E-state index is 12.8. The van der Waals surface area contributed by atoms with Gasteiger partial charge < -0.3 is 4.90 Å². The molecule has 0 bridgehead atoms. The van der Waals surface area contributed by atoms with Gasteiger partial charge in [0.05, 0.1) is 0 Å². The van der Waals surface area contributed by atoms with E-state index in [1.807, 2.05) is 4.90 Å². The lowest BCUT2D eigenvalue weighted by molar-refractivity contribution is 0.0705. The van der Waals surface area contributed by atoms with Gasteiger partial charge in [-0.2, -0.15) is 0 Å². The maximum Gasteiger partial charge on any atom is 0.253 e. The summed E-state index contributed by atoms with van der Waals surface area (Å²) in [5, 5.41) is 0. The molecular weight excluding hydrogens is 346 g/mol. The number of carbonyl (C=O) groups excluding carboxylic acids is 1. The molecule has 1 fully saturated rings. The number of hydrogen-bond acceptors (Lipinski definition) is 3. The molecule has 3 heterocycles. The molecule has 0 saturated carbocycles. The van der Waals surface area contributed by atoms with E-state index < -0.39 is 0 Å². The smallest absolute Gasteiger partial charge is 0.253 e. The molecule has 3 aromatic rings. The van der Waals surface area contributed by atoms with Gasteiger partial charge in [0.2, 0.25) is 0 Å². The quantitative estimate of drug-likeness (QED) is 0.683. The van der Waals surface area contributed by atoms with Crippen molar-refractivity contribution in [3.05, 3.63) is 95.1 Å². The highest BCUT2D eigenvalue weighted by atomic mass is 16.2. The van der Waals surface area contributed by atoms with Gasteiger partial charge in [-0.25, -0.2) is 0 Å². The summed E-state index contributed by atoms with van der Waals surface area (Å²) in [5.74, 6) is 0.375. The van der Waals surface area contributed by atoms with Crippen LogP contribution in [0.5, 0.6) is 0 Å². The van der Waals surface area contributed by atoms with Gasteiger partial charge in [-0.3, -0.25) is 14.8 Å². The topological polar surface area (TPSA) is 46.1 Å². The second-order valence-corrected chi connectivity index (χ2v) is 7.55. The molecule has 0 unspecified atom stereocenters. The molecule has 1 saturated heterocycles. The monoisotopic (exact) mass is 371 g/mol. The fraction of sp³-hybridized carbons (Fsp3) is 0.292. The van der Waals surface area contributed by atoms with Gasteiger partial charge in [-0.15, -0.1) is 0 Å². The third kappa shape index (κ3) is 4.28. The summed E-state index contributed by atoms with van der Waals surface area (Å²) in [6.07, 6.45) is 6.25. The van der Waals surface area contributed by atoms with Gasteiger partial charge in [-0.05, 0) is 49.6 Å². The molecule has 1 atom stereocenters. The average Bonchev–Trinajstić information content (AvgIpc) is 2.74. The van der Waals surface area contributed by atoms with Gasteiger partial charge in [0, 0.05) is 54.8 Å². The van der Waals surface area contributed by atoms with E-state index >= 15 is 0 Å². The first-order chi connectivity index (χ1) is 13.7. The predicted octanol–water partition coefficient (Wildman–Crippen LogP) is 4.40. The molecule has 1 aliphatic rings. The zero-order valence-corrected chi connectivity index (χ0v) is 16.2. The van der Waals surface area contributed by atoms with E-state index in [1.165, 1.54) is 11.1 Å². The highest BCUT2D eigenvalue weighted by Crippen LogP contribution is 2.27. The van der Waals surface area contributed by atoms with Crippen LogP contribution in [0.1, 0.15) is 51.6 Å². The first-order valence-corrected chi connectivity index (χ1v) is 9.90. The lowest BCUT2D eigenvalue weighted by Gasteiger charge is -2.32. The standard InChI is InChI=1S/C24H25N3O/c1-18-5-2-6-19(15-18)16-22-8-3-9-23(26-22)21-7-4-14-27(17-21)24(28)20-10-12-25-13-11-20/h2-3,5-6,8-13,15,21H,4,7,14,16-17H2,1H3/t21-/m0/s1. The highest BCUT2D eigenvalue weighted by molar-refractivity contribution is 5.94. The number of pyridine rings is 2. The number of likely N-dealkylation sites (tertiary alicyclic amines) is 1.